The topological polar surface area (TPSA) is 489 Å². The Bertz CT molecular complexity index is 2020. The van der Waals surface area contributed by atoms with Crippen LogP contribution in [0.3, 0.4) is 0 Å². The predicted molar refractivity (Wildman–Crippen MR) is 399 cm³/mol. The summed E-state index contributed by atoms with van der Waals surface area (Å²) in [6.45, 7) is 36.8. The standard InChI is InChI=1S/C15H35N3.C13H23N3.C11H27N3.C10H17N3O3.C6H12N2O3.C5H5N.C4H11NO3.C3H4BrN.C3H3N.H2/c1-6-15(5,7-2)18(14-12-17-9-4)13-10-11-16-8-3;1-4-13(5-2,6-3)16(11-7-9-14)12-8-10-15;1-4-11(5-2,6-3)14(9-7-12)10-8-13;11-3-1-5-13(6-2-4-12)10(7-14,8-15)9-16;7-2-1-3-8-6(11,4-9)5-10;1-2-4-6-5-3-1;5-4(1-6,2-7)3-8;4-2-1-3-5;1-2-3-4;/h16-17H,6-14H2,1-5H3;4-8,11-12H2,1-3H3;4-10,12-13H2,1-3H3;14-16H,1-2,5-9H2;8-11H,1,3-5H2;1-5H;6-8H,1-3,5H2;1-2H2;2H,1H2;1H/i;;;;;;;;;1+1. The van der Waals surface area contributed by atoms with Gasteiger partial charge in [-0.05, 0) is 103 Å². The lowest BCUT2D eigenvalue weighted by atomic mass is 9.87. The lowest BCUT2D eigenvalue weighted by Crippen LogP contribution is -2.57. The number of nitrogens with zero attached hydrogens (tertiary/aromatic N) is 12. The highest BCUT2D eigenvalue weighted by Crippen LogP contribution is 2.29. The van der Waals surface area contributed by atoms with Crippen LogP contribution < -0.4 is 33.2 Å². The number of nitrogens with two attached hydrogens (primary N) is 3. The number of rotatable bonds is 45. The fourth-order valence-electron chi connectivity index (χ4n) is 9.43. The van der Waals surface area contributed by atoms with Crippen LogP contribution in [-0.4, -0.2) is 260 Å². The van der Waals surface area contributed by atoms with Gasteiger partial charge in [0.05, 0.1) is 106 Å². The number of aromatic nitrogens is 1. The highest BCUT2D eigenvalue weighted by molar-refractivity contribution is 9.09. The number of alkyl halides is 1. The maximum atomic E-state index is 9.22. The second kappa shape index (κ2) is 77.8. The van der Waals surface area contributed by atoms with E-state index in [4.69, 9.17) is 84.7 Å². The third-order valence-electron chi connectivity index (χ3n) is 16.8. The molecule has 0 atom stereocenters. The summed E-state index contributed by atoms with van der Waals surface area (Å²) < 4.78 is 0. The number of hydrogen-bond acceptors (Lipinski definition) is 27. The molecule has 0 aliphatic rings. The highest BCUT2D eigenvalue weighted by Gasteiger charge is 2.35. The van der Waals surface area contributed by atoms with Crippen molar-refractivity contribution < 1.29 is 47.4 Å². The fourth-order valence-corrected chi connectivity index (χ4v) is 9.61. The molecule has 0 aliphatic carbocycles. The third-order valence-corrected chi connectivity index (χ3v) is 17.2. The molecule has 570 valence electrons. The second-order valence-electron chi connectivity index (χ2n) is 22.7. The van der Waals surface area contributed by atoms with E-state index in [2.05, 4.69) is 146 Å². The van der Waals surface area contributed by atoms with Crippen molar-refractivity contribution in [3.8, 4) is 42.5 Å². The zero-order valence-corrected chi connectivity index (χ0v) is 63.8. The van der Waals surface area contributed by atoms with E-state index in [-0.39, 0.29) is 32.8 Å². The molecule has 0 saturated heterocycles. The van der Waals surface area contributed by atoms with E-state index in [0.29, 0.717) is 43.4 Å². The summed E-state index contributed by atoms with van der Waals surface area (Å²) in [5, 5.41) is 147. The summed E-state index contributed by atoms with van der Waals surface area (Å²) in [7, 11) is 0. The first-order chi connectivity index (χ1) is 46.9. The zero-order chi connectivity index (χ0) is 76.9. The summed E-state index contributed by atoms with van der Waals surface area (Å²) >= 11 is 3.09. The number of nitriles is 7. The molecule has 0 amide bonds. The van der Waals surface area contributed by atoms with Crippen LogP contribution in [0.25, 0.3) is 0 Å². The van der Waals surface area contributed by atoms with Crippen molar-refractivity contribution in [2.24, 2.45) is 17.2 Å². The summed E-state index contributed by atoms with van der Waals surface area (Å²) in [5.41, 5.74) is 13.3. The number of pyridine rings is 1. The Morgan fingerprint density at radius 3 is 1.04 bits per heavy atom. The molecule has 0 aliphatic heterocycles. The Morgan fingerprint density at radius 2 is 0.816 bits per heavy atom. The van der Waals surface area contributed by atoms with Gasteiger partial charge in [0, 0.05) is 152 Å². The first-order valence-electron chi connectivity index (χ1n) is 34.5. The van der Waals surface area contributed by atoms with Crippen LogP contribution in [0.15, 0.2) is 43.2 Å². The van der Waals surface area contributed by atoms with E-state index in [1.54, 1.807) is 23.4 Å². The Hall–Kier alpha value is -4.96. The fraction of sp³-hybridized carbons (Fsp3) is 0.800. The van der Waals surface area contributed by atoms with Crippen molar-refractivity contribution in [2.75, 3.05) is 156 Å². The molecule has 1 rings (SSSR count). The van der Waals surface area contributed by atoms with Gasteiger partial charge in [0.15, 0.2) is 5.72 Å². The Balaban J connectivity index is -0.000000135. The number of hydrogen-bond donors (Lipinski definition) is 15. The third kappa shape index (κ3) is 55.8. The van der Waals surface area contributed by atoms with Crippen LogP contribution in [0.5, 0.6) is 0 Å². The number of likely N-dealkylation sites (N-methyl/N-ethyl adjacent to an activating group) is 1. The lowest BCUT2D eigenvalue weighted by molar-refractivity contribution is -0.0787. The van der Waals surface area contributed by atoms with Gasteiger partial charge in [-0.15, -0.1) is 0 Å². The zero-order valence-electron chi connectivity index (χ0n) is 62.2. The summed E-state index contributed by atoms with van der Waals surface area (Å²) in [6, 6.07) is 19.5. The second-order valence-corrected chi connectivity index (χ2v) is 23.5. The average molecular weight is 1460 g/mol. The van der Waals surface area contributed by atoms with E-state index in [9.17, 15) is 15.3 Å². The molecular formula is C70H139BrN18O9. The summed E-state index contributed by atoms with van der Waals surface area (Å²) in [4.78, 5) is 12.8. The maximum absolute atomic E-state index is 9.22. The van der Waals surface area contributed by atoms with Crippen LogP contribution in [0, 0.1) is 79.3 Å². The summed E-state index contributed by atoms with van der Waals surface area (Å²) in [6.07, 6.45) is 17.5. The van der Waals surface area contributed by atoms with Gasteiger partial charge in [-0.3, -0.25) is 29.9 Å². The van der Waals surface area contributed by atoms with Crippen molar-refractivity contribution in [3.05, 3.63) is 43.2 Å². The molecule has 0 fully saturated rings. The molecule has 1 aromatic heterocycles. The van der Waals surface area contributed by atoms with Crippen LogP contribution >= 0.6 is 15.9 Å². The molecule has 98 heavy (non-hydrogen) atoms. The van der Waals surface area contributed by atoms with Gasteiger partial charge in [0.2, 0.25) is 0 Å². The van der Waals surface area contributed by atoms with Gasteiger partial charge in [0.25, 0.3) is 0 Å². The molecule has 28 heteroatoms. The van der Waals surface area contributed by atoms with Gasteiger partial charge >= 0.3 is 0 Å². The van der Waals surface area contributed by atoms with Crippen LogP contribution in [0.4, 0.5) is 0 Å². The minimum Gasteiger partial charge on any atom is -0.394 e. The number of halogens is 1. The summed E-state index contributed by atoms with van der Waals surface area (Å²) in [5.74, 6) is 0. The van der Waals surface area contributed by atoms with Crippen molar-refractivity contribution in [1.29, 1.82) is 36.8 Å². The van der Waals surface area contributed by atoms with Crippen molar-refractivity contribution >= 4 is 15.9 Å². The van der Waals surface area contributed by atoms with E-state index < -0.39 is 69.7 Å². The Morgan fingerprint density at radius 1 is 0.469 bits per heavy atom. The number of aliphatic hydroxyl groups is 9. The molecule has 0 unspecified atom stereocenters. The predicted octanol–water partition coefficient (Wildman–Crippen LogP) is 4.71. The molecule has 1 heterocycles. The van der Waals surface area contributed by atoms with E-state index in [1.807, 2.05) is 42.5 Å². The first-order valence-corrected chi connectivity index (χ1v) is 35.7. The SMILES string of the molecule is C=CC#N.CCC(CC)(CC)N(CCC#N)CCC#N.CCC(CC)(CC)N(CCN)CCN.CCNCCCN(CCNCC)C(C)(CC)CC.N#CCCBr.N#CCCN(CCC#N)C(CO)(CO)CO.N#CCCNC(O)(CO)CO.NC(CO)(CO)CO.[2HH].c1ccncc1. The van der Waals surface area contributed by atoms with E-state index in [0.717, 1.165) is 96.6 Å². The average Bonchev–Trinajstić information content (AvgIpc) is 0.896. The molecule has 0 spiro atoms. The van der Waals surface area contributed by atoms with Crippen molar-refractivity contribution in [2.45, 2.75) is 206 Å². The van der Waals surface area contributed by atoms with Crippen LogP contribution in [0.2, 0.25) is 0 Å². The molecule has 0 aromatic carbocycles. The Labute approximate surface area is 603 Å². The molecule has 0 saturated carbocycles. The number of allylic oxidation sites excluding steroid dienone is 1. The van der Waals surface area contributed by atoms with Gasteiger partial charge in [0.1, 0.15) is 0 Å². The van der Waals surface area contributed by atoms with Gasteiger partial charge in [-0.1, -0.05) is 97.8 Å². The van der Waals surface area contributed by atoms with Gasteiger partial charge < -0.3 is 73.8 Å². The van der Waals surface area contributed by atoms with Crippen molar-refractivity contribution in [1.82, 2.24) is 40.5 Å². The lowest BCUT2D eigenvalue weighted by Gasteiger charge is -2.42. The smallest absolute Gasteiger partial charge is 0.162 e. The molecule has 1 aromatic rings. The normalized spacial score (nSPS) is 10.9. The van der Waals surface area contributed by atoms with Gasteiger partial charge in [-0.2, -0.15) is 36.8 Å². The maximum Gasteiger partial charge on any atom is 0.162 e. The molecule has 18 N–H and O–H groups in total. The molecule has 27 nitrogen and oxygen atoms in total. The van der Waals surface area contributed by atoms with Crippen molar-refractivity contribution in [3.63, 3.8) is 0 Å². The molecule has 0 radical (unpaired) electrons. The Kier molecular flexibility index (Phi) is 86.5. The number of aliphatic hydroxyl groups excluding tert-OH is 8. The monoisotopic (exact) mass is 1460 g/mol. The molecular weight excluding hydrogens is 1320 g/mol. The van der Waals surface area contributed by atoms with E-state index >= 15 is 0 Å². The van der Waals surface area contributed by atoms with Gasteiger partial charge in [-0.25, -0.2) is 0 Å². The largest absolute Gasteiger partial charge is 0.394 e. The highest BCUT2D eigenvalue weighted by atomic mass is 79.9. The minimum absolute atomic E-state index is 0. The minimum atomic E-state index is -1.66. The molecule has 0 bridgehead atoms. The quantitative estimate of drug-likeness (QED) is 0.0182. The van der Waals surface area contributed by atoms with E-state index in [1.165, 1.54) is 51.1 Å². The first kappa shape index (κ1) is 109. The number of nitrogens with one attached hydrogen (secondary N) is 3. The van der Waals surface area contributed by atoms with Crippen LogP contribution in [0.1, 0.15) is 174 Å². The van der Waals surface area contributed by atoms with Crippen LogP contribution in [-0.2, 0) is 0 Å².